The first kappa shape index (κ1) is 12.3. The summed E-state index contributed by atoms with van der Waals surface area (Å²) in [6.45, 7) is -2.92. The van der Waals surface area contributed by atoms with Crippen LogP contribution in [0.1, 0.15) is 0 Å². The minimum atomic E-state index is -2.92. The number of hydrogen-bond donors (Lipinski definition) is 0. The van der Waals surface area contributed by atoms with Crippen LogP contribution in [0, 0.1) is 0 Å². The van der Waals surface area contributed by atoms with Crippen LogP contribution in [0.2, 0.25) is 5.02 Å². The van der Waals surface area contributed by atoms with E-state index in [1.54, 1.807) is 18.5 Å². The number of aromatic nitrogens is 2. The number of rotatable bonds is 3. The minimum absolute atomic E-state index is 0.0876. The highest BCUT2D eigenvalue weighted by atomic mass is 79.9. The largest absolute Gasteiger partial charge is 0.433 e. The number of alkyl halides is 2. The van der Waals surface area contributed by atoms with Crippen LogP contribution >= 0.6 is 27.5 Å². The third-order valence-electron chi connectivity index (χ3n) is 1.97. The van der Waals surface area contributed by atoms with Crippen LogP contribution in [-0.4, -0.2) is 16.4 Å². The van der Waals surface area contributed by atoms with E-state index in [0.717, 1.165) is 0 Å². The lowest BCUT2D eigenvalue weighted by Gasteiger charge is -2.11. The van der Waals surface area contributed by atoms with Crippen molar-refractivity contribution in [2.24, 2.45) is 0 Å². The summed E-state index contributed by atoms with van der Waals surface area (Å²) in [6.07, 6.45) is 3.26. The Morgan fingerprint density at radius 3 is 2.76 bits per heavy atom. The van der Waals surface area contributed by atoms with Gasteiger partial charge in [-0.05, 0) is 28.1 Å². The maximum atomic E-state index is 12.2. The van der Waals surface area contributed by atoms with Gasteiger partial charge in [0, 0.05) is 22.9 Å². The van der Waals surface area contributed by atoms with E-state index in [1.165, 1.54) is 16.8 Å². The maximum absolute atomic E-state index is 12.2. The Morgan fingerprint density at radius 1 is 1.41 bits per heavy atom. The molecule has 90 valence electrons. The van der Waals surface area contributed by atoms with Crippen molar-refractivity contribution < 1.29 is 13.5 Å². The fourth-order valence-electron chi connectivity index (χ4n) is 1.29. The average molecular weight is 324 g/mol. The van der Waals surface area contributed by atoms with Gasteiger partial charge in [-0.1, -0.05) is 11.6 Å². The molecule has 7 heteroatoms. The Morgan fingerprint density at radius 2 is 2.18 bits per heavy atom. The molecule has 1 aromatic carbocycles. The molecule has 0 unspecified atom stereocenters. The van der Waals surface area contributed by atoms with Crippen LogP contribution < -0.4 is 4.74 Å². The number of ether oxygens (including phenoxy) is 1. The first-order valence-corrected chi connectivity index (χ1v) is 5.69. The lowest BCUT2D eigenvalue weighted by molar-refractivity contribution is -0.0497. The molecule has 0 bridgehead atoms. The molecule has 0 aliphatic heterocycles. The Hall–Kier alpha value is -1.14. The minimum Gasteiger partial charge on any atom is -0.433 e. The predicted molar refractivity (Wildman–Crippen MR) is 62.9 cm³/mol. The molecule has 0 spiro atoms. The van der Waals surface area contributed by atoms with Crippen molar-refractivity contribution in [3.05, 3.63) is 40.1 Å². The van der Waals surface area contributed by atoms with Crippen molar-refractivity contribution in [3.63, 3.8) is 0 Å². The number of hydrogen-bond acceptors (Lipinski definition) is 2. The van der Waals surface area contributed by atoms with Gasteiger partial charge < -0.3 is 4.74 Å². The second-order valence-corrected chi connectivity index (χ2v) is 4.32. The van der Waals surface area contributed by atoms with Crippen LogP contribution in [0.4, 0.5) is 8.78 Å². The van der Waals surface area contributed by atoms with Gasteiger partial charge in [0.25, 0.3) is 0 Å². The molecule has 1 heterocycles. The Balaban J connectivity index is 2.46. The van der Waals surface area contributed by atoms with Gasteiger partial charge in [0.1, 0.15) is 5.75 Å². The predicted octanol–water partition coefficient (Wildman–Crippen LogP) is 3.89. The molecular formula is C10H6BrClF2N2O. The third kappa shape index (κ3) is 2.76. The summed E-state index contributed by atoms with van der Waals surface area (Å²) >= 11 is 9.07. The van der Waals surface area contributed by atoms with Crippen molar-refractivity contribution in [1.82, 2.24) is 9.78 Å². The first-order valence-electron chi connectivity index (χ1n) is 4.52. The number of nitrogens with zero attached hydrogens (tertiary/aromatic N) is 2. The summed E-state index contributed by atoms with van der Waals surface area (Å²) in [5, 5.41) is 4.10. The molecule has 0 N–H and O–H groups in total. The quantitative estimate of drug-likeness (QED) is 0.857. The SMILES string of the molecule is FC(F)Oc1cc(-n2cccn2)c(Br)cc1Cl. The molecule has 0 fully saturated rings. The topological polar surface area (TPSA) is 27.1 Å². The molecule has 17 heavy (non-hydrogen) atoms. The second kappa shape index (κ2) is 5.01. The van der Waals surface area contributed by atoms with E-state index in [2.05, 4.69) is 25.8 Å². The van der Waals surface area contributed by atoms with Crippen LogP contribution in [0.3, 0.4) is 0 Å². The first-order chi connectivity index (χ1) is 8.08. The van der Waals surface area contributed by atoms with E-state index in [1.807, 2.05) is 0 Å². The van der Waals surface area contributed by atoms with E-state index in [0.29, 0.717) is 10.2 Å². The molecule has 0 amide bonds. The zero-order valence-corrected chi connectivity index (χ0v) is 10.6. The van der Waals surface area contributed by atoms with Crippen LogP contribution in [-0.2, 0) is 0 Å². The van der Waals surface area contributed by atoms with Gasteiger partial charge in [-0.3, -0.25) is 0 Å². The van der Waals surface area contributed by atoms with Gasteiger partial charge in [0.05, 0.1) is 10.7 Å². The molecule has 0 saturated carbocycles. The summed E-state index contributed by atoms with van der Waals surface area (Å²) in [4.78, 5) is 0. The molecule has 3 nitrogen and oxygen atoms in total. The average Bonchev–Trinajstić information content (AvgIpc) is 2.74. The third-order valence-corrected chi connectivity index (χ3v) is 2.90. The zero-order valence-electron chi connectivity index (χ0n) is 8.28. The van der Waals surface area contributed by atoms with Gasteiger partial charge >= 0.3 is 6.61 Å². The summed E-state index contributed by atoms with van der Waals surface area (Å²) < 4.78 is 30.8. The van der Waals surface area contributed by atoms with E-state index in [-0.39, 0.29) is 10.8 Å². The van der Waals surface area contributed by atoms with Crippen LogP contribution in [0.25, 0.3) is 5.69 Å². The van der Waals surface area contributed by atoms with E-state index in [4.69, 9.17) is 11.6 Å². The molecular weight excluding hydrogens is 317 g/mol. The summed E-state index contributed by atoms with van der Waals surface area (Å²) in [7, 11) is 0. The molecule has 2 rings (SSSR count). The Labute approximate surface area is 109 Å². The standard InChI is InChI=1S/C10H6BrClF2N2O/c11-6-4-7(12)9(17-10(13)14)5-8(6)16-3-1-2-15-16/h1-5,10H. The van der Waals surface area contributed by atoms with Crippen LogP contribution in [0.15, 0.2) is 35.1 Å². The van der Waals surface area contributed by atoms with Crippen LogP contribution in [0.5, 0.6) is 5.75 Å². The highest BCUT2D eigenvalue weighted by Crippen LogP contribution is 2.33. The summed E-state index contributed by atoms with van der Waals surface area (Å²) in [6, 6.07) is 4.59. The Bertz CT molecular complexity index is 519. The molecule has 1 aromatic heterocycles. The molecule has 0 radical (unpaired) electrons. The summed E-state index contributed by atoms with van der Waals surface area (Å²) in [5.74, 6) is -0.0876. The van der Waals surface area contributed by atoms with Gasteiger partial charge in [0.15, 0.2) is 0 Å². The van der Waals surface area contributed by atoms with Crippen molar-refractivity contribution >= 4 is 27.5 Å². The molecule has 2 aromatic rings. The second-order valence-electron chi connectivity index (χ2n) is 3.06. The fourth-order valence-corrected chi connectivity index (χ4v) is 2.16. The van der Waals surface area contributed by atoms with Crippen molar-refractivity contribution in [1.29, 1.82) is 0 Å². The molecule has 0 atom stereocenters. The van der Waals surface area contributed by atoms with Gasteiger partial charge in [-0.25, -0.2) is 4.68 Å². The highest BCUT2D eigenvalue weighted by Gasteiger charge is 2.13. The molecule has 0 aliphatic carbocycles. The van der Waals surface area contributed by atoms with E-state index in [9.17, 15) is 8.78 Å². The monoisotopic (exact) mass is 322 g/mol. The lowest BCUT2D eigenvalue weighted by atomic mass is 10.3. The Kier molecular flexibility index (Phi) is 3.63. The smallest absolute Gasteiger partial charge is 0.387 e. The fraction of sp³-hybridized carbons (Fsp3) is 0.100. The van der Waals surface area contributed by atoms with Crippen molar-refractivity contribution in [2.75, 3.05) is 0 Å². The van der Waals surface area contributed by atoms with Gasteiger partial charge in [-0.2, -0.15) is 13.9 Å². The van der Waals surface area contributed by atoms with Crippen molar-refractivity contribution in [2.45, 2.75) is 6.61 Å². The highest BCUT2D eigenvalue weighted by molar-refractivity contribution is 9.10. The van der Waals surface area contributed by atoms with E-state index < -0.39 is 6.61 Å². The number of benzene rings is 1. The van der Waals surface area contributed by atoms with Gasteiger partial charge in [0.2, 0.25) is 0 Å². The zero-order chi connectivity index (χ0) is 12.4. The normalized spacial score (nSPS) is 10.9. The molecule has 0 saturated heterocycles. The van der Waals surface area contributed by atoms with Gasteiger partial charge in [-0.15, -0.1) is 0 Å². The maximum Gasteiger partial charge on any atom is 0.387 e. The summed E-state index contributed by atoms with van der Waals surface area (Å²) in [5.41, 5.74) is 0.565. The number of halogens is 4. The van der Waals surface area contributed by atoms with Crippen molar-refractivity contribution in [3.8, 4) is 11.4 Å². The lowest BCUT2D eigenvalue weighted by Crippen LogP contribution is -2.04. The van der Waals surface area contributed by atoms with E-state index >= 15 is 0 Å². The molecule has 0 aliphatic rings.